The molecule has 29 heavy (non-hydrogen) atoms. The molecule has 9 heteroatoms. The number of nitrogens with one attached hydrogen (secondary N) is 1. The molecule has 1 atom stereocenters. The standard InChI is InChI=1S/C20H24FN3O3S.ClH/c21-17-8-1-2-9-18(17)24-20-11-4-3-10-19(20)23(28(24,26)27)13-12-16(25)14-22-15-6-5-7-15;/h1-4,8-11,15-16,22,25H,5-7,12-14H2;1H/t16-;/m0./s1. The molecule has 0 radical (unpaired) electrons. The second-order valence-corrected chi connectivity index (χ2v) is 8.96. The van der Waals surface area contributed by atoms with Crippen LogP contribution in [0.4, 0.5) is 21.5 Å². The second-order valence-electron chi connectivity index (χ2n) is 7.26. The average Bonchev–Trinajstić information content (AvgIpc) is 2.85. The fourth-order valence-corrected chi connectivity index (χ4v) is 5.32. The third kappa shape index (κ3) is 4.21. The predicted molar refractivity (Wildman–Crippen MR) is 115 cm³/mol. The molecule has 0 amide bonds. The molecule has 6 nitrogen and oxygen atoms in total. The summed E-state index contributed by atoms with van der Waals surface area (Å²) < 4.78 is 43.1. The average molecular weight is 442 g/mol. The van der Waals surface area contributed by atoms with Crippen molar-refractivity contribution >= 4 is 39.7 Å². The summed E-state index contributed by atoms with van der Waals surface area (Å²) in [6, 6.07) is 13.1. The van der Waals surface area contributed by atoms with Gasteiger partial charge in [0, 0.05) is 19.1 Å². The highest BCUT2D eigenvalue weighted by atomic mass is 35.5. The largest absolute Gasteiger partial charge is 0.392 e. The fourth-order valence-electron chi connectivity index (χ4n) is 3.58. The van der Waals surface area contributed by atoms with Crippen molar-refractivity contribution in [1.82, 2.24) is 5.32 Å². The van der Waals surface area contributed by atoms with E-state index in [1.807, 2.05) is 0 Å². The predicted octanol–water partition coefficient (Wildman–Crippen LogP) is 3.34. The van der Waals surface area contributed by atoms with Gasteiger partial charge in [0.2, 0.25) is 0 Å². The minimum absolute atomic E-state index is 0. The SMILES string of the molecule is Cl.O=S1(=O)N(CC[C@H](O)CNC2CCC2)c2ccccc2N1c1ccccc1F. The van der Waals surface area contributed by atoms with E-state index >= 15 is 0 Å². The zero-order valence-corrected chi connectivity index (χ0v) is 17.5. The van der Waals surface area contributed by atoms with E-state index in [0.717, 1.165) is 17.1 Å². The highest BCUT2D eigenvalue weighted by Crippen LogP contribution is 2.45. The Kier molecular flexibility index (Phi) is 6.68. The van der Waals surface area contributed by atoms with Crippen molar-refractivity contribution in [3.63, 3.8) is 0 Å². The quantitative estimate of drug-likeness (QED) is 0.691. The molecule has 0 spiro atoms. The molecule has 2 aliphatic rings. The van der Waals surface area contributed by atoms with Crippen LogP contribution in [-0.4, -0.2) is 38.8 Å². The number of fused-ring (bicyclic) bond motifs is 1. The number of nitrogens with zero attached hydrogens (tertiary/aromatic N) is 2. The van der Waals surface area contributed by atoms with Crippen LogP contribution in [0, 0.1) is 5.82 Å². The Bertz CT molecular complexity index is 955. The highest BCUT2D eigenvalue weighted by Gasteiger charge is 2.42. The van der Waals surface area contributed by atoms with E-state index in [4.69, 9.17) is 0 Å². The molecule has 0 unspecified atom stereocenters. The highest BCUT2D eigenvalue weighted by molar-refractivity contribution is 7.95. The van der Waals surface area contributed by atoms with E-state index in [9.17, 15) is 17.9 Å². The molecule has 1 aliphatic carbocycles. The van der Waals surface area contributed by atoms with Crippen molar-refractivity contribution in [2.75, 3.05) is 21.7 Å². The van der Waals surface area contributed by atoms with Gasteiger partial charge in [-0.15, -0.1) is 12.4 Å². The number of aliphatic hydroxyl groups is 1. The first-order valence-electron chi connectivity index (χ1n) is 9.56. The van der Waals surface area contributed by atoms with E-state index in [1.165, 1.54) is 28.9 Å². The van der Waals surface area contributed by atoms with Crippen molar-refractivity contribution < 1.29 is 17.9 Å². The number of hydrogen-bond donors (Lipinski definition) is 2. The lowest BCUT2D eigenvalue weighted by Gasteiger charge is -2.28. The first-order chi connectivity index (χ1) is 13.5. The molecule has 158 valence electrons. The van der Waals surface area contributed by atoms with E-state index < -0.39 is 22.1 Å². The van der Waals surface area contributed by atoms with Crippen LogP contribution in [0.5, 0.6) is 0 Å². The van der Waals surface area contributed by atoms with Crippen molar-refractivity contribution in [3.05, 3.63) is 54.3 Å². The van der Waals surface area contributed by atoms with Gasteiger partial charge in [0.25, 0.3) is 0 Å². The van der Waals surface area contributed by atoms with Crippen LogP contribution in [0.25, 0.3) is 0 Å². The van der Waals surface area contributed by atoms with Crippen LogP contribution < -0.4 is 13.9 Å². The number of halogens is 2. The maximum Gasteiger partial charge on any atom is 0.331 e. The number of anilines is 3. The summed E-state index contributed by atoms with van der Waals surface area (Å²) in [4.78, 5) is 0. The number of rotatable bonds is 7. The second kappa shape index (κ2) is 8.87. The van der Waals surface area contributed by atoms with Gasteiger partial charge in [-0.3, -0.25) is 4.31 Å². The monoisotopic (exact) mass is 441 g/mol. The summed E-state index contributed by atoms with van der Waals surface area (Å²) in [7, 11) is -3.99. The topological polar surface area (TPSA) is 72.9 Å². The van der Waals surface area contributed by atoms with Crippen molar-refractivity contribution in [2.24, 2.45) is 0 Å². The molecule has 2 N–H and O–H groups in total. The van der Waals surface area contributed by atoms with Crippen LogP contribution >= 0.6 is 12.4 Å². The van der Waals surface area contributed by atoms with Crippen molar-refractivity contribution in [1.29, 1.82) is 0 Å². The van der Waals surface area contributed by atoms with Crippen LogP contribution in [0.3, 0.4) is 0 Å². The summed E-state index contributed by atoms with van der Waals surface area (Å²) in [5.74, 6) is -0.604. The van der Waals surface area contributed by atoms with Gasteiger partial charge in [-0.2, -0.15) is 8.42 Å². The molecule has 1 fully saturated rings. The maximum atomic E-state index is 14.4. The smallest absolute Gasteiger partial charge is 0.331 e. The first-order valence-corrected chi connectivity index (χ1v) is 11.0. The van der Waals surface area contributed by atoms with Crippen molar-refractivity contribution in [3.8, 4) is 0 Å². The third-order valence-corrected chi connectivity index (χ3v) is 7.15. The minimum Gasteiger partial charge on any atom is -0.392 e. The number of aliphatic hydroxyl groups excluding tert-OH is 1. The maximum absolute atomic E-state index is 14.4. The Hall–Kier alpha value is -1.87. The van der Waals surface area contributed by atoms with Crippen LogP contribution in [0.15, 0.2) is 48.5 Å². The summed E-state index contributed by atoms with van der Waals surface area (Å²) in [6.07, 6.45) is 3.10. The van der Waals surface area contributed by atoms with Gasteiger partial charge in [-0.05, 0) is 43.5 Å². The molecule has 2 aromatic rings. The molecule has 0 bridgehead atoms. The van der Waals surface area contributed by atoms with Crippen molar-refractivity contribution in [2.45, 2.75) is 37.8 Å². The van der Waals surface area contributed by atoms with Crippen LogP contribution in [0.2, 0.25) is 0 Å². The molecule has 0 aromatic heterocycles. The van der Waals surface area contributed by atoms with Crippen LogP contribution in [0.1, 0.15) is 25.7 Å². The zero-order valence-electron chi connectivity index (χ0n) is 15.9. The molecule has 4 rings (SSSR count). The number of hydrogen-bond acceptors (Lipinski definition) is 4. The number of benzene rings is 2. The van der Waals surface area contributed by atoms with Gasteiger partial charge in [0.1, 0.15) is 5.82 Å². The molecule has 0 saturated heterocycles. The first kappa shape index (κ1) is 21.8. The van der Waals surface area contributed by atoms with Gasteiger partial charge in [-0.25, -0.2) is 8.70 Å². The molecular formula is C20H25ClFN3O3S. The number of para-hydroxylation sites is 3. The summed E-state index contributed by atoms with van der Waals surface area (Å²) in [5, 5.41) is 13.6. The fraction of sp³-hybridized carbons (Fsp3) is 0.400. The Labute approximate surface area is 176 Å². The third-order valence-electron chi connectivity index (χ3n) is 5.36. The Morgan fingerprint density at radius 2 is 1.69 bits per heavy atom. The van der Waals surface area contributed by atoms with E-state index in [2.05, 4.69) is 5.32 Å². The van der Waals surface area contributed by atoms with E-state index in [-0.39, 0.29) is 24.6 Å². The molecule has 1 saturated carbocycles. The normalized spacial score (nSPS) is 18.7. The molecule has 1 heterocycles. The summed E-state index contributed by atoms with van der Waals surface area (Å²) in [5.41, 5.74) is 0.893. The van der Waals surface area contributed by atoms with Gasteiger partial charge >= 0.3 is 10.2 Å². The Balaban J connectivity index is 0.00000240. The van der Waals surface area contributed by atoms with Gasteiger partial charge < -0.3 is 10.4 Å². The zero-order chi connectivity index (χ0) is 19.7. The lowest BCUT2D eigenvalue weighted by Crippen LogP contribution is -2.42. The van der Waals surface area contributed by atoms with E-state index in [1.54, 1.807) is 30.3 Å². The Morgan fingerprint density at radius 3 is 2.31 bits per heavy atom. The van der Waals surface area contributed by atoms with Crippen LogP contribution in [-0.2, 0) is 10.2 Å². The lowest BCUT2D eigenvalue weighted by atomic mass is 9.93. The minimum atomic E-state index is -3.99. The van der Waals surface area contributed by atoms with Gasteiger partial charge in [0.15, 0.2) is 0 Å². The lowest BCUT2D eigenvalue weighted by molar-refractivity contribution is 0.152. The van der Waals surface area contributed by atoms with E-state index in [0.29, 0.717) is 30.4 Å². The summed E-state index contributed by atoms with van der Waals surface area (Å²) in [6.45, 7) is 0.565. The van der Waals surface area contributed by atoms with Gasteiger partial charge in [-0.1, -0.05) is 30.7 Å². The Morgan fingerprint density at radius 1 is 1.07 bits per heavy atom. The van der Waals surface area contributed by atoms with Gasteiger partial charge in [0.05, 0.1) is 23.2 Å². The summed E-state index contributed by atoms with van der Waals surface area (Å²) >= 11 is 0. The molecule has 1 aliphatic heterocycles. The molecular weight excluding hydrogens is 417 g/mol. The molecule has 2 aromatic carbocycles.